The van der Waals surface area contributed by atoms with E-state index in [1.165, 1.54) is 28.5 Å². The summed E-state index contributed by atoms with van der Waals surface area (Å²) in [7, 11) is -3.12. The van der Waals surface area contributed by atoms with Gasteiger partial charge in [-0.05, 0) is 60.0 Å². The Labute approximate surface area is 176 Å². The van der Waals surface area contributed by atoms with Crippen molar-refractivity contribution in [1.82, 2.24) is 4.31 Å². The van der Waals surface area contributed by atoms with Crippen molar-refractivity contribution in [2.75, 3.05) is 19.3 Å². The summed E-state index contributed by atoms with van der Waals surface area (Å²) in [6.45, 7) is 9.95. The smallest absolute Gasteiger partial charge is 0.211 e. The van der Waals surface area contributed by atoms with Crippen LogP contribution >= 0.6 is 0 Å². The molecule has 2 aliphatic rings. The molecule has 1 saturated heterocycles. The van der Waals surface area contributed by atoms with Crippen molar-refractivity contribution in [3.8, 4) is 0 Å². The van der Waals surface area contributed by atoms with Crippen LogP contribution < -0.4 is 0 Å². The fraction of sp³-hybridized carbons (Fsp3) is 0.440. The number of piperidine rings is 1. The Balaban J connectivity index is 2.05. The maximum atomic E-state index is 12.0. The first kappa shape index (κ1) is 21.8. The number of benzene rings is 1. The Hall–Kier alpha value is -1.91. The largest absolute Gasteiger partial charge is 0.213 e. The van der Waals surface area contributed by atoms with Gasteiger partial charge in [-0.3, -0.25) is 0 Å². The molecule has 29 heavy (non-hydrogen) atoms. The molecule has 0 amide bonds. The first-order valence-corrected chi connectivity index (χ1v) is 12.5. The Bertz CT molecular complexity index is 945. The topological polar surface area (TPSA) is 37.4 Å². The Morgan fingerprint density at radius 3 is 2.52 bits per heavy atom. The molecule has 0 spiro atoms. The van der Waals surface area contributed by atoms with Gasteiger partial charge in [-0.2, -0.15) is 0 Å². The van der Waals surface area contributed by atoms with Crippen LogP contribution in [0.1, 0.15) is 56.6 Å². The normalized spacial score (nSPS) is 23.3. The minimum atomic E-state index is -3.12. The van der Waals surface area contributed by atoms with Crippen LogP contribution in [0.15, 0.2) is 65.8 Å². The molecule has 4 heteroatoms. The molecule has 1 heterocycles. The van der Waals surface area contributed by atoms with Gasteiger partial charge in [0.15, 0.2) is 0 Å². The molecule has 0 N–H and O–H groups in total. The first-order chi connectivity index (χ1) is 13.9. The summed E-state index contributed by atoms with van der Waals surface area (Å²) in [6, 6.07) is 8.67. The van der Waals surface area contributed by atoms with Crippen LogP contribution in [-0.4, -0.2) is 32.1 Å². The van der Waals surface area contributed by atoms with E-state index in [-0.39, 0.29) is 5.92 Å². The van der Waals surface area contributed by atoms with Crippen LogP contribution in [0.25, 0.3) is 6.08 Å². The molecule has 0 bridgehead atoms. The number of hydrogen-bond donors (Lipinski definition) is 0. The molecule has 1 atom stereocenters. The van der Waals surface area contributed by atoms with Gasteiger partial charge in [-0.1, -0.05) is 68.5 Å². The SMILES string of the molecule is C=C1C(CCC)=Cc2ccccc2C(C2CCN(S(C)(=O)=O)CC2)/C1=C/C=C\C. The van der Waals surface area contributed by atoms with Crippen molar-refractivity contribution in [2.24, 2.45) is 5.92 Å². The van der Waals surface area contributed by atoms with E-state index in [0.29, 0.717) is 19.0 Å². The minimum absolute atomic E-state index is 0.238. The second-order valence-electron chi connectivity index (χ2n) is 8.15. The molecule has 1 unspecified atom stereocenters. The van der Waals surface area contributed by atoms with Gasteiger partial charge in [-0.25, -0.2) is 12.7 Å². The molecule has 0 saturated carbocycles. The molecule has 0 aromatic heterocycles. The van der Waals surface area contributed by atoms with Gasteiger partial charge in [-0.15, -0.1) is 0 Å². The number of hydrogen-bond acceptors (Lipinski definition) is 2. The molecule has 0 radical (unpaired) electrons. The van der Waals surface area contributed by atoms with Crippen LogP contribution in [0.4, 0.5) is 0 Å². The van der Waals surface area contributed by atoms with Crippen LogP contribution in [0.5, 0.6) is 0 Å². The van der Waals surface area contributed by atoms with Gasteiger partial charge in [0.1, 0.15) is 0 Å². The standard InChI is InChI=1S/C25H33NO2S/c1-5-7-12-23-19(3)21(10-6-2)18-22-11-8-9-13-24(22)25(23)20-14-16-26(17-15-20)29(4,27)28/h5,7-9,11-13,18,20,25H,3,6,10,14-17H2,1-2,4H3/b7-5-,23-12+. The van der Waals surface area contributed by atoms with E-state index in [2.05, 4.69) is 62.1 Å². The molecular weight excluding hydrogens is 378 g/mol. The molecule has 3 nitrogen and oxygen atoms in total. The predicted octanol–water partition coefficient (Wildman–Crippen LogP) is 5.70. The summed E-state index contributed by atoms with van der Waals surface area (Å²) >= 11 is 0. The van der Waals surface area contributed by atoms with Gasteiger partial charge in [0.05, 0.1) is 6.26 Å². The highest BCUT2D eigenvalue weighted by Crippen LogP contribution is 2.46. The summed E-state index contributed by atoms with van der Waals surface area (Å²) in [5.41, 5.74) is 6.35. The van der Waals surface area contributed by atoms with Crippen molar-refractivity contribution in [3.05, 3.63) is 76.9 Å². The molecule has 1 aliphatic heterocycles. The Morgan fingerprint density at radius 1 is 1.21 bits per heavy atom. The van der Waals surface area contributed by atoms with Crippen LogP contribution in [0.2, 0.25) is 0 Å². The van der Waals surface area contributed by atoms with E-state index in [4.69, 9.17) is 0 Å². The molecule has 3 rings (SSSR count). The number of rotatable bonds is 5. The minimum Gasteiger partial charge on any atom is -0.213 e. The maximum absolute atomic E-state index is 12.0. The third-order valence-corrected chi connectivity index (χ3v) is 7.46. The number of allylic oxidation sites excluding steroid dienone is 6. The van der Waals surface area contributed by atoms with Crippen molar-refractivity contribution in [3.63, 3.8) is 0 Å². The lowest BCUT2D eigenvalue weighted by Gasteiger charge is -2.37. The fourth-order valence-electron chi connectivity index (χ4n) is 4.69. The molecule has 1 fully saturated rings. The van der Waals surface area contributed by atoms with Crippen LogP contribution in [-0.2, 0) is 10.0 Å². The van der Waals surface area contributed by atoms with Crippen molar-refractivity contribution in [2.45, 2.75) is 45.4 Å². The number of fused-ring (bicyclic) bond motifs is 1. The summed E-state index contributed by atoms with van der Waals surface area (Å²) < 4.78 is 25.6. The van der Waals surface area contributed by atoms with E-state index in [1.54, 1.807) is 4.31 Å². The zero-order chi connectivity index (χ0) is 21.0. The second-order valence-corrected chi connectivity index (χ2v) is 10.1. The highest BCUT2D eigenvalue weighted by molar-refractivity contribution is 7.88. The molecule has 1 aliphatic carbocycles. The van der Waals surface area contributed by atoms with Gasteiger partial charge >= 0.3 is 0 Å². The lowest BCUT2D eigenvalue weighted by atomic mass is 9.73. The van der Waals surface area contributed by atoms with E-state index in [1.807, 2.05) is 6.92 Å². The Kier molecular flexibility index (Phi) is 6.97. The van der Waals surface area contributed by atoms with E-state index in [9.17, 15) is 8.42 Å². The molecule has 156 valence electrons. The summed E-state index contributed by atoms with van der Waals surface area (Å²) in [6.07, 6.45) is 13.9. The highest BCUT2D eigenvalue weighted by Gasteiger charge is 2.35. The average molecular weight is 412 g/mol. The second kappa shape index (κ2) is 9.27. The lowest BCUT2D eigenvalue weighted by molar-refractivity contribution is 0.257. The fourth-order valence-corrected chi connectivity index (χ4v) is 5.56. The predicted molar refractivity (Wildman–Crippen MR) is 123 cm³/mol. The first-order valence-electron chi connectivity index (χ1n) is 10.6. The van der Waals surface area contributed by atoms with Crippen molar-refractivity contribution < 1.29 is 8.42 Å². The van der Waals surface area contributed by atoms with E-state index >= 15 is 0 Å². The summed E-state index contributed by atoms with van der Waals surface area (Å²) in [4.78, 5) is 0. The summed E-state index contributed by atoms with van der Waals surface area (Å²) in [5.74, 6) is 0.638. The van der Waals surface area contributed by atoms with Crippen LogP contribution in [0.3, 0.4) is 0 Å². The zero-order valence-electron chi connectivity index (χ0n) is 17.9. The number of sulfonamides is 1. The molecular formula is C25H33NO2S. The monoisotopic (exact) mass is 411 g/mol. The highest BCUT2D eigenvalue weighted by atomic mass is 32.2. The molecule has 1 aromatic carbocycles. The average Bonchev–Trinajstić information content (AvgIpc) is 2.81. The third kappa shape index (κ3) is 4.81. The lowest BCUT2D eigenvalue weighted by Crippen LogP contribution is -2.39. The van der Waals surface area contributed by atoms with Gasteiger partial charge < -0.3 is 0 Å². The quantitative estimate of drug-likeness (QED) is 0.623. The van der Waals surface area contributed by atoms with Crippen molar-refractivity contribution >= 4 is 16.1 Å². The summed E-state index contributed by atoms with van der Waals surface area (Å²) in [5, 5.41) is 0. The van der Waals surface area contributed by atoms with Crippen LogP contribution in [0, 0.1) is 5.92 Å². The number of nitrogens with zero attached hydrogens (tertiary/aromatic N) is 1. The van der Waals surface area contributed by atoms with Gasteiger partial charge in [0.25, 0.3) is 0 Å². The van der Waals surface area contributed by atoms with E-state index < -0.39 is 10.0 Å². The maximum Gasteiger partial charge on any atom is 0.211 e. The van der Waals surface area contributed by atoms with Gasteiger partial charge in [0.2, 0.25) is 10.0 Å². The Morgan fingerprint density at radius 2 is 1.90 bits per heavy atom. The zero-order valence-corrected chi connectivity index (χ0v) is 18.7. The molecule has 1 aromatic rings. The van der Waals surface area contributed by atoms with Gasteiger partial charge in [0, 0.05) is 19.0 Å². The van der Waals surface area contributed by atoms with Crippen molar-refractivity contribution in [1.29, 1.82) is 0 Å². The van der Waals surface area contributed by atoms with E-state index in [0.717, 1.165) is 31.3 Å². The third-order valence-electron chi connectivity index (χ3n) is 6.16.